The van der Waals surface area contributed by atoms with Crippen LogP contribution in [0.15, 0.2) is 18.2 Å². The van der Waals surface area contributed by atoms with E-state index >= 15 is 0 Å². The number of benzene rings is 1. The van der Waals surface area contributed by atoms with E-state index in [-0.39, 0.29) is 5.75 Å². The summed E-state index contributed by atoms with van der Waals surface area (Å²) in [5, 5.41) is 9.97. The second-order valence-electron chi connectivity index (χ2n) is 1.89. The molecule has 0 unspecified atom stereocenters. The van der Waals surface area contributed by atoms with Crippen molar-refractivity contribution in [3.8, 4) is 11.5 Å². The van der Waals surface area contributed by atoms with Crippen molar-refractivity contribution < 1.29 is 9.84 Å². The third-order valence-corrected chi connectivity index (χ3v) is 1.49. The predicted molar refractivity (Wildman–Crippen MR) is 40.0 cm³/mol. The second kappa shape index (κ2) is 2.75. The first-order chi connectivity index (χ1) is 4.74. The minimum Gasteiger partial charge on any atom is -0.504 e. The highest BCUT2D eigenvalue weighted by molar-refractivity contribution is 6.32. The lowest BCUT2D eigenvalue weighted by atomic mass is 10.3. The van der Waals surface area contributed by atoms with Crippen molar-refractivity contribution in [2.45, 2.75) is 0 Å². The first-order valence-electron chi connectivity index (χ1n) is 2.82. The van der Waals surface area contributed by atoms with Crippen LogP contribution in [-0.4, -0.2) is 22.5 Å². The summed E-state index contributed by atoms with van der Waals surface area (Å²) in [6, 6.07) is 5.07. The first-order valence-corrected chi connectivity index (χ1v) is 3.32. The van der Waals surface area contributed by atoms with E-state index in [1.807, 2.05) is 0 Å². The molecule has 0 aliphatic rings. The van der Waals surface area contributed by atoms with Gasteiger partial charge in [-0.2, -0.15) is 0 Å². The number of ether oxygens (including phenoxy) is 1. The summed E-state index contributed by atoms with van der Waals surface area (Å²) in [6.07, 6.45) is 0. The monoisotopic (exact) mass is 151 g/mol. The molecule has 0 aromatic heterocycles. The third kappa shape index (κ3) is 1.30. The number of rotatable bonds is 1. The average Bonchev–Trinajstić information content (AvgIpc) is 1.88. The predicted octanol–water partition coefficient (Wildman–Crippen LogP) is 0.195. The van der Waals surface area contributed by atoms with Crippen LogP contribution in [0, 0.1) is 0 Å². The maximum absolute atomic E-state index is 9.14. The highest BCUT2D eigenvalue weighted by Gasteiger charge is 1.97. The van der Waals surface area contributed by atoms with Crippen LogP contribution in [-0.2, 0) is 0 Å². The fourth-order valence-corrected chi connectivity index (χ4v) is 0.910. The van der Waals surface area contributed by atoms with Crippen molar-refractivity contribution in [3.05, 3.63) is 18.2 Å². The lowest BCUT2D eigenvalue weighted by Crippen LogP contribution is -2.00. The van der Waals surface area contributed by atoms with Gasteiger partial charge >= 0.3 is 0 Å². The van der Waals surface area contributed by atoms with Gasteiger partial charge in [0, 0.05) is 0 Å². The molecule has 1 rings (SSSR count). The molecule has 51 valence electrons. The van der Waals surface area contributed by atoms with Crippen molar-refractivity contribution >= 4 is 15.4 Å². The Labute approximate surface area is 62.9 Å². The van der Waals surface area contributed by atoms with Crippen molar-refractivity contribution in [3.63, 3.8) is 0 Å². The van der Waals surface area contributed by atoms with Gasteiger partial charge in [-0.3, -0.25) is 0 Å². The molecule has 0 saturated carbocycles. The number of aromatic hydroxyl groups is 1. The Morgan fingerprint density at radius 3 is 2.70 bits per heavy atom. The molecule has 0 aliphatic heterocycles. The zero-order valence-electron chi connectivity index (χ0n) is 5.59. The van der Waals surface area contributed by atoms with E-state index in [2.05, 4.69) is 10.2 Å². The van der Waals surface area contributed by atoms with Crippen LogP contribution in [0.1, 0.15) is 0 Å². The van der Waals surface area contributed by atoms with Crippen molar-refractivity contribution in [2.75, 3.05) is 7.11 Å². The van der Waals surface area contributed by atoms with Gasteiger partial charge in [0.05, 0.1) is 17.4 Å². The van der Waals surface area contributed by atoms with Gasteiger partial charge in [0.1, 0.15) is 0 Å². The van der Waals surface area contributed by atoms with E-state index in [0.29, 0.717) is 5.75 Å². The number of hydrogen-bond acceptors (Lipinski definition) is 2. The SMILES string of the molecule is COc1ccc([Si])cc1O. The Morgan fingerprint density at radius 2 is 2.20 bits per heavy atom. The molecule has 2 nitrogen and oxygen atoms in total. The Balaban J connectivity index is 3.07. The third-order valence-electron chi connectivity index (χ3n) is 1.18. The highest BCUT2D eigenvalue weighted by Crippen LogP contribution is 2.21. The number of phenolic OH excluding ortho intramolecular Hbond substituents is 1. The zero-order valence-corrected chi connectivity index (χ0v) is 6.59. The molecule has 0 aliphatic carbocycles. The van der Waals surface area contributed by atoms with Crippen molar-refractivity contribution in [1.29, 1.82) is 0 Å². The fourth-order valence-electron chi connectivity index (χ4n) is 0.690. The number of methoxy groups -OCH3 is 1. The molecule has 0 atom stereocenters. The standard InChI is InChI=1S/C7H7O2Si/c1-9-7-3-2-5(10)4-6(7)8/h2-4,8H,1H3. The van der Waals surface area contributed by atoms with E-state index < -0.39 is 0 Å². The quantitative estimate of drug-likeness (QED) is 0.581. The van der Waals surface area contributed by atoms with Gasteiger partial charge in [-0.25, -0.2) is 0 Å². The summed E-state index contributed by atoms with van der Waals surface area (Å²) in [5.74, 6) is 0.636. The molecule has 0 amide bonds. The number of phenols is 1. The van der Waals surface area contributed by atoms with Gasteiger partial charge in [0.15, 0.2) is 11.5 Å². The number of hydrogen-bond donors (Lipinski definition) is 1. The van der Waals surface area contributed by atoms with Crippen LogP contribution >= 0.6 is 0 Å². The van der Waals surface area contributed by atoms with Crippen LogP contribution in [0.25, 0.3) is 0 Å². The van der Waals surface area contributed by atoms with Crippen LogP contribution in [0.5, 0.6) is 11.5 Å². The molecule has 1 aromatic rings. The molecule has 0 spiro atoms. The molecule has 10 heavy (non-hydrogen) atoms. The van der Waals surface area contributed by atoms with Gasteiger partial charge in [-0.05, 0) is 12.1 Å². The zero-order chi connectivity index (χ0) is 7.56. The average molecular weight is 151 g/mol. The molecule has 1 aromatic carbocycles. The van der Waals surface area contributed by atoms with Crippen molar-refractivity contribution in [2.24, 2.45) is 0 Å². The van der Waals surface area contributed by atoms with Crippen LogP contribution in [0.4, 0.5) is 0 Å². The molecule has 0 bridgehead atoms. The van der Waals surface area contributed by atoms with E-state index in [4.69, 9.17) is 9.84 Å². The van der Waals surface area contributed by atoms with Gasteiger partial charge in [0.25, 0.3) is 0 Å². The molecule has 3 radical (unpaired) electrons. The van der Waals surface area contributed by atoms with Crippen LogP contribution in [0.3, 0.4) is 0 Å². The van der Waals surface area contributed by atoms with E-state index in [1.54, 1.807) is 18.2 Å². The molecule has 1 N–H and O–H groups in total. The van der Waals surface area contributed by atoms with E-state index in [0.717, 1.165) is 5.19 Å². The molecular weight excluding hydrogens is 144 g/mol. The lowest BCUT2D eigenvalue weighted by Gasteiger charge is -2.01. The van der Waals surface area contributed by atoms with Gasteiger partial charge < -0.3 is 9.84 Å². The summed E-state index contributed by atoms with van der Waals surface area (Å²) in [7, 11) is 4.77. The highest BCUT2D eigenvalue weighted by atomic mass is 28.1. The first kappa shape index (κ1) is 7.15. The van der Waals surface area contributed by atoms with Gasteiger partial charge in [0.2, 0.25) is 0 Å². The van der Waals surface area contributed by atoms with Crippen molar-refractivity contribution in [1.82, 2.24) is 0 Å². The van der Waals surface area contributed by atoms with Gasteiger partial charge in [-0.1, -0.05) is 11.3 Å². The van der Waals surface area contributed by atoms with E-state index in [1.165, 1.54) is 7.11 Å². The molecule has 0 fully saturated rings. The minimum absolute atomic E-state index is 0.148. The van der Waals surface area contributed by atoms with E-state index in [9.17, 15) is 0 Å². The summed E-state index contributed by atoms with van der Waals surface area (Å²) in [6.45, 7) is 0. The second-order valence-corrected chi connectivity index (χ2v) is 2.46. The smallest absolute Gasteiger partial charge is 0.160 e. The molecule has 3 heteroatoms. The Bertz CT molecular complexity index is 235. The maximum Gasteiger partial charge on any atom is 0.160 e. The Hall–Kier alpha value is -0.963. The molecular formula is C7H7O2Si. The van der Waals surface area contributed by atoms with Gasteiger partial charge in [-0.15, -0.1) is 0 Å². The summed E-state index contributed by atoms with van der Waals surface area (Å²) in [5.41, 5.74) is 0. The summed E-state index contributed by atoms with van der Waals surface area (Å²) in [4.78, 5) is 0. The Morgan fingerprint density at radius 1 is 1.50 bits per heavy atom. The lowest BCUT2D eigenvalue weighted by molar-refractivity contribution is 0.374. The topological polar surface area (TPSA) is 29.5 Å². The van der Waals surface area contributed by atoms with Crippen LogP contribution in [0.2, 0.25) is 0 Å². The summed E-state index contributed by atoms with van der Waals surface area (Å²) >= 11 is 0. The molecule has 0 saturated heterocycles. The minimum atomic E-state index is 0.148. The summed E-state index contributed by atoms with van der Waals surface area (Å²) < 4.78 is 4.83. The Kier molecular flexibility index (Phi) is 1.96. The maximum atomic E-state index is 9.14. The molecule has 0 heterocycles. The normalized spacial score (nSPS) is 9.40. The van der Waals surface area contributed by atoms with Crippen LogP contribution < -0.4 is 9.92 Å². The largest absolute Gasteiger partial charge is 0.504 e. The fraction of sp³-hybridized carbons (Fsp3) is 0.143.